The number of rotatable bonds is 13. The highest BCUT2D eigenvalue weighted by Crippen LogP contribution is 2.39. The van der Waals surface area contributed by atoms with E-state index in [-0.39, 0.29) is 5.82 Å². The quantitative estimate of drug-likeness (QED) is 0.231. The second kappa shape index (κ2) is 12.1. The summed E-state index contributed by atoms with van der Waals surface area (Å²) in [4.78, 5) is 10.5. The van der Waals surface area contributed by atoms with Crippen molar-refractivity contribution in [3.63, 3.8) is 0 Å². The molecule has 37 heavy (non-hydrogen) atoms. The number of nitrogens with zero attached hydrogens (tertiary/aromatic N) is 2. The standard InChI is InChI=1S/C31H38FN5/c1-6-21(4)37-19-16-23(37)13-12-22-20-34-18-14-26(22)31-30(25(8-3)29(36-31)15-17-33-5)35-28-11-9-10-27(32)24(28)7-2/h6,8-11,14,18,20,23,33,35-36H,1,3-4,7,12-13,15-17,19H2,2,5H3. The van der Waals surface area contributed by atoms with E-state index < -0.39 is 0 Å². The van der Waals surface area contributed by atoms with Crippen molar-refractivity contribution in [2.45, 2.75) is 45.1 Å². The van der Waals surface area contributed by atoms with Crippen molar-refractivity contribution in [2.75, 3.05) is 25.5 Å². The van der Waals surface area contributed by atoms with Gasteiger partial charge in [0.05, 0.1) is 11.4 Å². The Morgan fingerprint density at radius 2 is 2.11 bits per heavy atom. The van der Waals surface area contributed by atoms with Gasteiger partial charge in [-0.2, -0.15) is 0 Å². The smallest absolute Gasteiger partial charge is 0.128 e. The number of aromatic amines is 1. The maximum Gasteiger partial charge on any atom is 0.128 e. The summed E-state index contributed by atoms with van der Waals surface area (Å²) >= 11 is 0. The molecular formula is C31H38FN5. The zero-order valence-electron chi connectivity index (χ0n) is 22.0. The van der Waals surface area contributed by atoms with Gasteiger partial charge in [-0.05, 0) is 62.6 Å². The van der Waals surface area contributed by atoms with Crippen molar-refractivity contribution in [3.05, 3.63) is 96.4 Å². The maximum absolute atomic E-state index is 14.6. The maximum atomic E-state index is 14.6. The first-order valence-electron chi connectivity index (χ1n) is 13.1. The summed E-state index contributed by atoms with van der Waals surface area (Å²) in [7, 11) is 1.95. The second-order valence-corrected chi connectivity index (χ2v) is 9.47. The summed E-state index contributed by atoms with van der Waals surface area (Å²) in [6.45, 7) is 15.9. The molecule has 1 atom stereocenters. The van der Waals surface area contributed by atoms with E-state index in [2.05, 4.69) is 51.3 Å². The number of likely N-dealkylation sites (N-methyl/N-ethyl adjacent to an activating group) is 1. The molecule has 0 spiro atoms. The lowest BCUT2D eigenvalue weighted by Gasteiger charge is -2.43. The molecule has 0 aliphatic carbocycles. The van der Waals surface area contributed by atoms with Crippen LogP contribution < -0.4 is 10.6 Å². The molecule has 0 radical (unpaired) electrons. The molecule has 1 saturated heterocycles. The normalized spacial score (nSPS) is 14.8. The average Bonchev–Trinajstić information content (AvgIpc) is 3.23. The van der Waals surface area contributed by atoms with Crippen LogP contribution in [0.4, 0.5) is 15.8 Å². The van der Waals surface area contributed by atoms with Crippen LogP contribution in [0.3, 0.4) is 0 Å². The van der Waals surface area contributed by atoms with E-state index in [1.807, 2.05) is 44.6 Å². The summed E-state index contributed by atoms with van der Waals surface area (Å²) in [5.74, 6) is -0.198. The number of halogens is 1. The molecule has 3 aromatic rings. The summed E-state index contributed by atoms with van der Waals surface area (Å²) in [5, 5.41) is 6.81. The Hall–Kier alpha value is -3.64. The third-order valence-corrected chi connectivity index (χ3v) is 7.35. The Labute approximate surface area is 220 Å². The molecule has 6 heteroatoms. The zero-order valence-corrected chi connectivity index (χ0v) is 22.0. The molecule has 0 amide bonds. The first-order chi connectivity index (χ1) is 18.0. The van der Waals surface area contributed by atoms with Gasteiger partial charge in [0.15, 0.2) is 0 Å². The van der Waals surface area contributed by atoms with Crippen LogP contribution >= 0.6 is 0 Å². The molecule has 0 saturated carbocycles. The van der Waals surface area contributed by atoms with Gasteiger partial charge in [0.1, 0.15) is 5.82 Å². The van der Waals surface area contributed by atoms with E-state index in [0.29, 0.717) is 18.0 Å². The summed E-state index contributed by atoms with van der Waals surface area (Å²) in [6.07, 6.45) is 12.0. The lowest BCUT2D eigenvalue weighted by atomic mass is 9.93. The predicted octanol–water partition coefficient (Wildman–Crippen LogP) is 6.63. The molecule has 1 fully saturated rings. The molecule has 3 heterocycles. The number of hydrogen-bond acceptors (Lipinski definition) is 4. The number of benzene rings is 1. The number of likely N-dealkylation sites (tertiary alicyclic amines) is 1. The first-order valence-corrected chi connectivity index (χ1v) is 13.1. The fourth-order valence-electron chi connectivity index (χ4n) is 5.17. The van der Waals surface area contributed by atoms with Crippen LogP contribution in [0.15, 0.2) is 68.2 Å². The summed E-state index contributed by atoms with van der Waals surface area (Å²) in [5.41, 5.74) is 8.69. The van der Waals surface area contributed by atoms with Gasteiger partial charge < -0.3 is 20.5 Å². The van der Waals surface area contributed by atoms with Gasteiger partial charge in [-0.25, -0.2) is 4.39 Å². The van der Waals surface area contributed by atoms with E-state index in [9.17, 15) is 4.39 Å². The molecular weight excluding hydrogens is 461 g/mol. The van der Waals surface area contributed by atoms with Crippen molar-refractivity contribution in [2.24, 2.45) is 0 Å². The van der Waals surface area contributed by atoms with E-state index in [1.54, 1.807) is 6.07 Å². The predicted molar refractivity (Wildman–Crippen MR) is 154 cm³/mol. The monoisotopic (exact) mass is 499 g/mol. The zero-order chi connectivity index (χ0) is 26.4. The van der Waals surface area contributed by atoms with Gasteiger partial charge in [-0.1, -0.05) is 38.8 Å². The van der Waals surface area contributed by atoms with Crippen molar-refractivity contribution < 1.29 is 4.39 Å². The molecule has 2 aromatic heterocycles. The Balaban J connectivity index is 1.73. The SMILES string of the molecule is C=CC(=C)N1CCC1CCc1cnccc1-c1[nH]c(CCNC)c(C=C)c1Nc1cccc(F)c1CC. The van der Waals surface area contributed by atoms with Gasteiger partial charge in [0.25, 0.3) is 0 Å². The van der Waals surface area contributed by atoms with Gasteiger partial charge in [0.2, 0.25) is 0 Å². The largest absolute Gasteiger partial charge is 0.369 e. The van der Waals surface area contributed by atoms with Crippen LogP contribution in [0.25, 0.3) is 17.3 Å². The van der Waals surface area contributed by atoms with Gasteiger partial charge in [-0.15, -0.1) is 0 Å². The first kappa shape index (κ1) is 26.4. The highest BCUT2D eigenvalue weighted by molar-refractivity contribution is 5.88. The van der Waals surface area contributed by atoms with Crippen LogP contribution in [0.5, 0.6) is 0 Å². The van der Waals surface area contributed by atoms with E-state index in [0.717, 1.165) is 78.4 Å². The number of nitrogens with one attached hydrogen (secondary N) is 3. The molecule has 194 valence electrons. The highest BCUT2D eigenvalue weighted by Gasteiger charge is 2.28. The number of pyridine rings is 1. The van der Waals surface area contributed by atoms with Crippen LogP contribution in [-0.4, -0.2) is 41.0 Å². The molecule has 1 aromatic carbocycles. The minimum absolute atomic E-state index is 0.198. The molecule has 1 aliphatic heterocycles. The Bertz CT molecular complexity index is 1270. The summed E-state index contributed by atoms with van der Waals surface area (Å²) in [6, 6.07) is 7.73. The minimum Gasteiger partial charge on any atom is -0.369 e. The van der Waals surface area contributed by atoms with E-state index in [1.165, 1.54) is 11.6 Å². The molecule has 1 unspecified atom stereocenters. The topological polar surface area (TPSA) is 56.0 Å². The van der Waals surface area contributed by atoms with Crippen molar-refractivity contribution >= 4 is 17.5 Å². The van der Waals surface area contributed by atoms with Crippen LogP contribution in [-0.2, 0) is 19.3 Å². The highest BCUT2D eigenvalue weighted by atomic mass is 19.1. The Kier molecular flexibility index (Phi) is 8.62. The molecule has 0 bridgehead atoms. The summed E-state index contributed by atoms with van der Waals surface area (Å²) < 4.78 is 14.6. The van der Waals surface area contributed by atoms with Gasteiger partial charge >= 0.3 is 0 Å². The molecule has 1 aliphatic rings. The van der Waals surface area contributed by atoms with Crippen molar-refractivity contribution in [1.29, 1.82) is 0 Å². The third kappa shape index (κ3) is 5.54. The average molecular weight is 500 g/mol. The van der Waals surface area contributed by atoms with Crippen LogP contribution in [0.1, 0.15) is 42.1 Å². The van der Waals surface area contributed by atoms with Gasteiger partial charge in [-0.3, -0.25) is 4.98 Å². The fraction of sp³-hybridized carbons (Fsp3) is 0.323. The van der Waals surface area contributed by atoms with Gasteiger partial charge in [0, 0.05) is 71.7 Å². The lowest BCUT2D eigenvalue weighted by Crippen LogP contribution is -2.46. The number of allylic oxidation sites excluding steroid dienone is 1. The van der Waals surface area contributed by atoms with Crippen LogP contribution in [0.2, 0.25) is 0 Å². The van der Waals surface area contributed by atoms with Crippen molar-refractivity contribution in [3.8, 4) is 11.3 Å². The van der Waals surface area contributed by atoms with E-state index >= 15 is 0 Å². The number of hydrogen-bond donors (Lipinski definition) is 3. The molecule has 4 rings (SSSR count). The van der Waals surface area contributed by atoms with Crippen LogP contribution in [0, 0.1) is 5.82 Å². The molecule has 3 N–H and O–H groups in total. The third-order valence-electron chi connectivity index (χ3n) is 7.35. The Morgan fingerprint density at radius 3 is 2.78 bits per heavy atom. The Morgan fingerprint density at radius 1 is 1.27 bits per heavy atom. The lowest BCUT2D eigenvalue weighted by molar-refractivity contribution is 0.134. The fourth-order valence-corrected chi connectivity index (χ4v) is 5.17. The van der Waals surface area contributed by atoms with E-state index in [4.69, 9.17) is 0 Å². The number of H-pyrrole nitrogens is 1. The second-order valence-electron chi connectivity index (χ2n) is 9.47. The molecule has 5 nitrogen and oxygen atoms in total. The number of aromatic nitrogens is 2. The number of aryl methyl sites for hydroxylation is 1. The number of anilines is 2. The van der Waals surface area contributed by atoms with Crippen molar-refractivity contribution in [1.82, 2.24) is 20.2 Å². The minimum atomic E-state index is -0.198.